The van der Waals surface area contributed by atoms with Crippen LogP contribution in [0.25, 0.3) is 22.3 Å². The number of pyridine rings is 1. The fourth-order valence-electron chi connectivity index (χ4n) is 4.94. The van der Waals surface area contributed by atoms with Crippen LogP contribution in [0.5, 0.6) is 0 Å². The molecular formula is C29H28N8O3S. The number of aromatic nitrogens is 4. The molecule has 4 heterocycles. The monoisotopic (exact) mass is 568 g/mol. The Kier molecular flexibility index (Phi) is 6.98. The molecule has 1 aliphatic heterocycles. The van der Waals surface area contributed by atoms with Gasteiger partial charge in [-0.3, -0.25) is 0 Å². The van der Waals surface area contributed by atoms with Crippen LogP contribution in [0.15, 0.2) is 96.4 Å². The summed E-state index contributed by atoms with van der Waals surface area (Å²) in [7, 11) is -3.77. The molecule has 1 unspecified atom stereocenters. The summed E-state index contributed by atoms with van der Waals surface area (Å²) in [6.45, 7) is 1.18. The Morgan fingerprint density at radius 3 is 2.66 bits per heavy atom. The number of likely N-dealkylation sites (tertiary alicyclic amines) is 1. The maximum atomic E-state index is 13.1. The van der Waals surface area contributed by atoms with Gasteiger partial charge >= 0.3 is 6.03 Å². The molecule has 6 rings (SSSR count). The van der Waals surface area contributed by atoms with Crippen LogP contribution in [0.2, 0.25) is 0 Å². The summed E-state index contributed by atoms with van der Waals surface area (Å²) in [6.07, 6.45) is 6.32. The second-order valence-electron chi connectivity index (χ2n) is 9.84. The van der Waals surface area contributed by atoms with Gasteiger partial charge in [0, 0.05) is 59.9 Å². The molecule has 1 saturated heterocycles. The Balaban J connectivity index is 1.17. The third-order valence-electron chi connectivity index (χ3n) is 6.95. The quantitative estimate of drug-likeness (QED) is 0.255. The molecule has 2 aromatic carbocycles. The molecule has 12 heteroatoms. The van der Waals surface area contributed by atoms with Crippen LogP contribution in [-0.4, -0.2) is 57.4 Å². The van der Waals surface area contributed by atoms with Crippen LogP contribution in [0.1, 0.15) is 12.8 Å². The first-order valence-electron chi connectivity index (χ1n) is 13.1. The van der Waals surface area contributed by atoms with E-state index in [1.807, 2.05) is 12.1 Å². The molecular weight excluding hydrogens is 540 g/mol. The number of nitrogens with one attached hydrogen (secondary N) is 2. The Morgan fingerprint density at radius 1 is 0.976 bits per heavy atom. The maximum absolute atomic E-state index is 13.1. The van der Waals surface area contributed by atoms with E-state index in [0.717, 1.165) is 18.4 Å². The van der Waals surface area contributed by atoms with Crippen molar-refractivity contribution in [2.45, 2.75) is 23.8 Å². The van der Waals surface area contributed by atoms with Crippen LogP contribution in [0.3, 0.4) is 0 Å². The van der Waals surface area contributed by atoms with Gasteiger partial charge in [0.2, 0.25) is 0 Å². The number of anilines is 3. The van der Waals surface area contributed by atoms with Crippen LogP contribution >= 0.6 is 0 Å². The zero-order valence-corrected chi connectivity index (χ0v) is 22.8. The predicted molar refractivity (Wildman–Crippen MR) is 158 cm³/mol. The van der Waals surface area contributed by atoms with Gasteiger partial charge < -0.3 is 21.3 Å². The van der Waals surface area contributed by atoms with Gasteiger partial charge in [-0.15, -0.1) is 0 Å². The smallest absolute Gasteiger partial charge is 0.321 e. The van der Waals surface area contributed by atoms with E-state index in [4.69, 9.17) is 5.73 Å². The summed E-state index contributed by atoms with van der Waals surface area (Å²) in [6, 6.07) is 20.6. The molecule has 2 amide bonds. The zero-order chi connectivity index (χ0) is 28.4. The van der Waals surface area contributed by atoms with Gasteiger partial charge in [-0.1, -0.05) is 24.3 Å². The van der Waals surface area contributed by atoms with E-state index < -0.39 is 10.0 Å². The first kappa shape index (κ1) is 26.3. The van der Waals surface area contributed by atoms with Crippen molar-refractivity contribution in [1.82, 2.24) is 23.8 Å². The maximum Gasteiger partial charge on any atom is 0.321 e. The predicted octanol–water partition coefficient (Wildman–Crippen LogP) is 4.42. The summed E-state index contributed by atoms with van der Waals surface area (Å²) in [4.78, 5) is 28.1. The molecule has 208 valence electrons. The van der Waals surface area contributed by atoms with E-state index in [2.05, 4.69) is 25.6 Å². The number of fused-ring (bicyclic) bond motifs is 1. The number of hydrogen-bond acceptors (Lipinski definition) is 8. The summed E-state index contributed by atoms with van der Waals surface area (Å²) >= 11 is 0. The van der Waals surface area contributed by atoms with Gasteiger partial charge in [-0.25, -0.2) is 32.1 Å². The number of urea groups is 1. The fourth-order valence-corrected chi connectivity index (χ4v) is 6.27. The zero-order valence-electron chi connectivity index (χ0n) is 22.0. The van der Waals surface area contributed by atoms with Crippen molar-refractivity contribution >= 4 is 44.3 Å². The summed E-state index contributed by atoms with van der Waals surface area (Å²) in [5.74, 6) is 0.627. The van der Waals surface area contributed by atoms with Crippen LogP contribution < -0.4 is 16.4 Å². The van der Waals surface area contributed by atoms with E-state index >= 15 is 0 Å². The molecule has 41 heavy (non-hydrogen) atoms. The lowest BCUT2D eigenvalue weighted by Gasteiger charge is -2.33. The van der Waals surface area contributed by atoms with Gasteiger partial charge in [-0.05, 0) is 55.3 Å². The lowest BCUT2D eigenvalue weighted by Crippen LogP contribution is -2.46. The largest absolute Gasteiger partial charge is 0.399 e. The first-order chi connectivity index (χ1) is 19.9. The summed E-state index contributed by atoms with van der Waals surface area (Å²) in [5.41, 5.74) is 8.78. The third-order valence-corrected chi connectivity index (χ3v) is 8.64. The number of benzene rings is 2. The van der Waals surface area contributed by atoms with E-state index in [1.54, 1.807) is 71.8 Å². The molecule has 0 aliphatic carbocycles. The van der Waals surface area contributed by atoms with Crippen molar-refractivity contribution in [1.29, 1.82) is 0 Å². The Hall–Kier alpha value is -4.97. The first-order valence-corrected chi connectivity index (χ1v) is 14.6. The molecule has 1 aliphatic rings. The number of nitrogens with zero attached hydrogens (tertiary/aromatic N) is 5. The third kappa shape index (κ3) is 5.54. The normalized spacial score (nSPS) is 15.5. The average molecular weight is 569 g/mol. The molecule has 0 radical (unpaired) electrons. The number of carbonyl (C=O) groups is 1. The second-order valence-corrected chi connectivity index (χ2v) is 11.7. The van der Waals surface area contributed by atoms with Crippen molar-refractivity contribution in [3.05, 3.63) is 91.5 Å². The number of amides is 2. The van der Waals surface area contributed by atoms with Gasteiger partial charge in [0.1, 0.15) is 12.1 Å². The minimum atomic E-state index is -3.77. The Bertz CT molecular complexity index is 1820. The number of piperidine rings is 1. The van der Waals surface area contributed by atoms with Crippen molar-refractivity contribution in [3.63, 3.8) is 0 Å². The van der Waals surface area contributed by atoms with Gasteiger partial charge in [0.05, 0.1) is 10.6 Å². The van der Waals surface area contributed by atoms with E-state index in [-0.39, 0.29) is 17.0 Å². The number of nitrogen functional groups attached to an aromatic ring is 1. The highest BCUT2D eigenvalue weighted by molar-refractivity contribution is 7.90. The van der Waals surface area contributed by atoms with Gasteiger partial charge in [-0.2, -0.15) is 0 Å². The Morgan fingerprint density at radius 2 is 1.83 bits per heavy atom. The topological polar surface area (TPSA) is 148 Å². The number of carbonyl (C=O) groups excluding carboxylic acids is 1. The summed E-state index contributed by atoms with van der Waals surface area (Å²) < 4.78 is 27.4. The number of rotatable bonds is 6. The van der Waals surface area contributed by atoms with Crippen molar-refractivity contribution in [3.8, 4) is 11.3 Å². The van der Waals surface area contributed by atoms with Crippen molar-refractivity contribution in [2.75, 3.05) is 29.5 Å². The fraction of sp³-hybridized carbons (Fsp3) is 0.172. The minimum Gasteiger partial charge on any atom is -0.399 e. The van der Waals surface area contributed by atoms with Gasteiger partial charge in [0.25, 0.3) is 10.0 Å². The Labute approximate surface area is 237 Å². The van der Waals surface area contributed by atoms with Crippen molar-refractivity contribution in [2.24, 2.45) is 0 Å². The average Bonchev–Trinajstić information content (AvgIpc) is 3.42. The molecule has 0 spiro atoms. The second kappa shape index (κ2) is 10.9. The highest BCUT2D eigenvalue weighted by Gasteiger charge is 2.24. The minimum absolute atomic E-state index is 0.0101. The highest BCUT2D eigenvalue weighted by atomic mass is 32.2. The highest BCUT2D eigenvalue weighted by Crippen LogP contribution is 2.26. The van der Waals surface area contributed by atoms with Crippen LogP contribution in [-0.2, 0) is 10.0 Å². The van der Waals surface area contributed by atoms with Crippen LogP contribution in [0.4, 0.5) is 22.0 Å². The lowest BCUT2D eigenvalue weighted by atomic mass is 10.1. The standard InChI is InChI=1S/C29H28N8O3S/c30-22-6-4-7-23(15-22)35-29(38)36-12-5-8-24(18-36)34-27-16-26(32-19-33-27)21-14-20-11-13-37(28(20)31-17-21)41(39,40)25-9-2-1-3-10-25/h1-4,6-7,9-11,13-17,19,24H,5,8,12,18,30H2,(H,35,38)(H,32,33,34). The van der Waals surface area contributed by atoms with E-state index in [1.165, 1.54) is 16.5 Å². The van der Waals surface area contributed by atoms with Crippen LogP contribution in [0, 0.1) is 0 Å². The van der Waals surface area contributed by atoms with Gasteiger partial charge in [0.15, 0.2) is 5.65 Å². The molecule has 1 atom stereocenters. The van der Waals surface area contributed by atoms with E-state index in [9.17, 15) is 13.2 Å². The van der Waals surface area contributed by atoms with Crippen molar-refractivity contribution < 1.29 is 13.2 Å². The lowest BCUT2D eigenvalue weighted by molar-refractivity contribution is 0.196. The molecule has 3 aromatic heterocycles. The molecule has 1 fully saturated rings. The molecule has 0 saturated carbocycles. The summed E-state index contributed by atoms with van der Waals surface area (Å²) in [5, 5.41) is 7.01. The molecule has 5 aromatic rings. The number of nitrogens with two attached hydrogens (primary N) is 1. The SMILES string of the molecule is Nc1cccc(NC(=O)N2CCCC(Nc3cc(-c4cnc5c(ccn5S(=O)(=O)c5ccccc5)c4)ncn3)C2)c1. The molecule has 0 bridgehead atoms. The molecule has 4 N–H and O–H groups in total. The number of hydrogen-bond donors (Lipinski definition) is 3. The van der Waals surface area contributed by atoms with E-state index in [0.29, 0.717) is 47.0 Å². The molecule has 11 nitrogen and oxygen atoms in total.